The minimum Gasteiger partial charge on any atom is -0.399 e. The van der Waals surface area contributed by atoms with Gasteiger partial charge in [0.05, 0.1) is 42.6 Å². The van der Waals surface area contributed by atoms with Gasteiger partial charge >= 0.3 is 6.18 Å². The number of Topliss-reactive ketones (excluding diaryl/α,β-unsaturated/α-hetero) is 1. The van der Waals surface area contributed by atoms with E-state index in [0.29, 0.717) is 43.1 Å². The maximum atomic E-state index is 13.6. The smallest absolute Gasteiger partial charge is 0.399 e. The first-order valence-corrected chi connectivity index (χ1v) is 19.9. The Kier molecular flexibility index (Phi) is 24.1. The largest absolute Gasteiger partial charge is 0.418 e. The zero-order valence-corrected chi connectivity index (χ0v) is 35.2. The Labute approximate surface area is 381 Å². The van der Waals surface area contributed by atoms with Gasteiger partial charge in [0.1, 0.15) is 11.6 Å². The summed E-state index contributed by atoms with van der Waals surface area (Å²) < 4.78 is 63.8. The lowest BCUT2D eigenvalue weighted by Gasteiger charge is -2.31. The molecule has 11 nitrogen and oxygen atoms in total. The number of nitrogen functional groups attached to an aromatic ring is 1. The number of halogens is 4. The first-order valence-electron chi connectivity index (χ1n) is 19.9. The molecule has 0 amide bonds. The van der Waals surface area contributed by atoms with Crippen LogP contribution < -0.4 is 15.5 Å². The van der Waals surface area contributed by atoms with E-state index < -0.39 is 22.5 Å². The van der Waals surface area contributed by atoms with Gasteiger partial charge in [-0.3, -0.25) is 14.9 Å². The van der Waals surface area contributed by atoms with Crippen LogP contribution in [0.4, 0.5) is 46.0 Å². The van der Waals surface area contributed by atoms with Crippen molar-refractivity contribution < 1.29 is 41.5 Å². The number of non-ortho nitro benzene ring substituents is 1. The molecule has 2 N–H and O–H groups in total. The Morgan fingerprint density at radius 3 is 1.77 bits per heavy atom. The van der Waals surface area contributed by atoms with Crippen molar-refractivity contribution in [2.24, 2.45) is 4.99 Å². The van der Waals surface area contributed by atoms with E-state index in [4.69, 9.17) is 15.2 Å². The Balaban J connectivity index is 0.000000469. The normalized spacial score (nSPS) is 12.9. The van der Waals surface area contributed by atoms with Crippen LogP contribution in [0.2, 0.25) is 0 Å². The zero-order valence-electron chi connectivity index (χ0n) is 35.2. The minimum atomic E-state index is -4.47. The maximum absolute atomic E-state index is 13.6. The number of nitrogens with zero attached hydrogens (tertiary/aromatic N) is 4. The lowest BCUT2D eigenvalue weighted by molar-refractivity contribution is -0.385. The van der Waals surface area contributed by atoms with Crippen molar-refractivity contribution in [2.75, 3.05) is 68.1 Å². The van der Waals surface area contributed by atoms with Gasteiger partial charge in [-0.05, 0) is 104 Å². The number of benzene rings is 5. The van der Waals surface area contributed by atoms with Gasteiger partial charge in [0.25, 0.3) is 5.69 Å². The molecule has 0 bridgehead atoms. The van der Waals surface area contributed by atoms with E-state index in [-0.39, 0.29) is 52.3 Å². The van der Waals surface area contributed by atoms with Crippen molar-refractivity contribution in [2.45, 2.75) is 69.0 Å². The van der Waals surface area contributed by atoms with Crippen LogP contribution in [0, 0.1) is 43.6 Å². The van der Waals surface area contributed by atoms with Crippen molar-refractivity contribution in [3.05, 3.63) is 158 Å². The summed E-state index contributed by atoms with van der Waals surface area (Å²) in [6.45, 7) is 12.7. The van der Waals surface area contributed by atoms with Crippen LogP contribution in [-0.2, 0) is 38.1 Å². The summed E-state index contributed by atoms with van der Waals surface area (Å²) in [5.41, 5.74) is 12.8. The zero-order chi connectivity index (χ0) is 45.2. The van der Waals surface area contributed by atoms with Crippen LogP contribution in [0.15, 0.2) is 108 Å². The van der Waals surface area contributed by atoms with Gasteiger partial charge in [-0.15, -0.1) is 0 Å². The molecule has 65 heavy (non-hydrogen) atoms. The molecule has 352 valence electrons. The number of nitrogens with two attached hydrogens (primary N) is 1. The fraction of sp³-hybridized carbons (Fsp3) is 0.360. The maximum Gasteiger partial charge on any atom is 0.418 e. The second-order valence-corrected chi connectivity index (χ2v) is 14.7. The Hall–Kier alpha value is -6.41. The number of alkyl halides is 3. The molecule has 2 saturated heterocycles. The quantitative estimate of drug-likeness (QED) is 0.0402. The molecule has 5 aromatic carbocycles. The number of nitro groups is 1. The monoisotopic (exact) mass is 905 g/mol. The highest BCUT2D eigenvalue weighted by Crippen LogP contribution is 2.38. The van der Waals surface area contributed by atoms with E-state index in [2.05, 4.69) is 22.9 Å². The van der Waals surface area contributed by atoms with E-state index in [0.717, 1.165) is 66.9 Å². The number of rotatable bonds is 8. The first kappa shape index (κ1) is 56.6. The van der Waals surface area contributed by atoms with Gasteiger partial charge in [0.15, 0.2) is 0 Å². The molecule has 5 aromatic rings. The third-order valence-corrected chi connectivity index (χ3v) is 9.70. The van der Waals surface area contributed by atoms with Gasteiger partial charge < -0.3 is 25.0 Å². The third kappa shape index (κ3) is 18.7. The third-order valence-electron chi connectivity index (χ3n) is 9.70. The van der Waals surface area contributed by atoms with Crippen LogP contribution in [0.25, 0.3) is 0 Å². The van der Waals surface area contributed by atoms with Crippen LogP contribution in [-0.4, -0.2) is 69.4 Å². The summed E-state index contributed by atoms with van der Waals surface area (Å²) in [5, 5.41) is 10.1. The number of aliphatic imine (C=N–C) groups is 1. The van der Waals surface area contributed by atoms with Gasteiger partial charge in [-0.25, -0.2) is 9.18 Å². The van der Waals surface area contributed by atoms with Crippen LogP contribution in [0.5, 0.6) is 0 Å². The molecule has 2 aliphatic rings. The summed E-state index contributed by atoms with van der Waals surface area (Å²) in [6.07, 6.45) is -2.78. The molecule has 0 atom stereocenters. The second-order valence-electron chi connectivity index (χ2n) is 14.7. The SMILES string of the molecule is C.C.C.Cc1cc(N)ccc1N1CCOCC1.Cc1cc([N+](=O)[O-])ccc1F.Cc1cccc(CC(=O)Cc2ccc(N3CCOCC3)c(C(F)(F)F)c2)c1.Cc1cccc(N=C=O)c1. The topological polar surface area (TPSA) is 141 Å². The Morgan fingerprint density at radius 2 is 1.26 bits per heavy atom. The number of aryl methyl sites for hydroxylation is 4. The van der Waals surface area contributed by atoms with Gasteiger partial charge in [-0.1, -0.05) is 70.3 Å². The molecular formula is C50H63F4N5O6. The van der Waals surface area contributed by atoms with E-state index in [1.807, 2.05) is 68.4 Å². The summed E-state index contributed by atoms with van der Waals surface area (Å²) in [5.74, 6) is -0.525. The molecule has 15 heteroatoms. The van der Waals surface area contributed by atoms with E-state index in [9.17, 15) is 37.3 Å². The van der Waals surface area contributed by atoms with E-state index in [1.54, 1.807) is 17.0 Å². The van der Waals surface area contributed by atoms with E-state index in [1.165, 1.54) is 36.4 Å². The number of nitro benzene ring substituents is 1. The standard InChI is InChI=1S/C21H22F3NO2.C11H16N2O.C8H7NO.C7H6FNO2.3CH4/c1-15-3-2-4-16(11-15)12-18(26)13-17-5-6-20(19(14-17)21(22,23)24)25-7-9-27-10-8-25;1-9-8-10(12)2-3-11(9)13-4-6-14-7-5-13;1-7-3-2-4-8(5-7)9-6-10;1-5-4-6(9(10)11)2-3-7(5)8;;;/h2-6,11,14H,7-10,12-13H2,1H3;2-3,8H,4-7,12H2,1H3;2-5H,1H3;2-4H,1H3;3*1H4. The lowest BCUT2D eigenvalue weighted by atomic mass is 9.99. The minimum absolute atomic E-state index is 0. The first-order chi connectivity index (χ1) is 29.5. The molecule has 0 saturated carbocycles. The summed E-state index contributed by atoms with van der Waals surface area (Å²) >= 11 is 0. The predicted molar refractivity (Wildman–Crippen MR) is 254 cm³/mol. The molecule has 2 aliphatic heterocycles. The molecule has 2 fully saturated rings. The number of isocyanates is 1. The Bertz CT molecular complexity index is 2320. The molecular weight excluding hydrogens is 843 g/mol. The fourth-order valence-corrected chi connectivity index (χ4v) is 6.67. The Morgan fingerprint density at radius 1 is 0.723 bits per heavy atom. The molecule has 0 spiro atoms. The average Bonchev–Trinajstić information content (AvgIpc) is 3.23. The van der Waals surface area contributed by atoms with Crippen molar-refractivity contribution in [3.63, 3.8) is 0 Å². The average molecular weight is 906 g/mol. The van der Waals surface area contributed by atoms with Crippen LogP contribution in [0.1, 0.15) is 61.2 Å². The summed E-state index contributed by atoms with van der Waals surface area (Å²) in [7, 11) is 0. The lowest BCUT2D eigenvalue weighted by Crippen LogP contribution is -2.37. The van der Waals surface area contributed by atoms with Gasteiger partial charge in [0.2, 0.25) is 6.08 Å². The van der Waals surface area contributed by atoms with Crippen molar-refractivity contribution >= 4 is 40.3 Å². The molecule has 0 aliphatic carbocycles. The number of hydrogen-bond acceptors (Lipinski definition) is 10. The number of carbonyl (C=O) groups excluding carboxylic acids is 2. The summed E-state index contributed by atoms with van der Waals surface area (Å²) in [4.78, 5) is 39.2. The fourth-order valence-electron chi connectivity index (χ4n) is 6.67. The number of carbonyl (C=O) groups is 1. The van der Waals surface area contributed by atoms with Crippen LogP contribution in [0.3, 0.4) is 0 Å². The predicted octanol–water partition coefficient (Wildman–Crippen LogP) is 11.5. The number of anilines is 3. The van der Waals surface area contributed by atoms with Crippen LogP contribution >= 0.6 is 0 Å². The number of morpholine rings is 2. The number of hydrogen-bond donors (Lipinski definition) is 1. The van der Waals surface area contributed by atoms with Crippen molar-refractivity contribution in [3.8, 4) is 0 Å². The summed E-state index contributed by atoms with van der Waals surface area (Å²) in [6, 6.07) is 28.7. The highest BCUT2D eigenvalue weighted by Gasteiger charge is 2.35. The van der Waals surface area contributed by atoms with Gasteiger partial charge in [0, 0.05) is 68.2 Å². The molecule has 7 rings (SSSR count). The number of ether oxygens (including phenoxy) is 2. The highest BCUT2D eigenvalue weighted by atomic mass is 19.4. The van der Waals surface area contributed by atoms with Crippen molar-refractivity contribution in [1.29, 1.82) is 0 Å². The molecule has 0 unspecified atom stereocenters. The van der Waals surface area contributed by atoms with Crippen molar-refractivity contribution in [1.82, 2.24) is 0 Å². The number of ketones is 1. The van der Waals surface area contributed by atoms with Gasteiger partial charge in [-0.2, -0.15) is 18.2 Å². The second kappa shape index (κ2) is 27.7. The van der Waals surface area contributed by atoms with E-state index >= 15 is 0 Å². The molecule has 0 aromatic heterocycles. The highest BCUT2D eigenvalue weighted by molar-refractivity contribution is 5.83. The molecule has 0 radical (unpaired) electrons. The molecule has 2 heterocycles.